The average molecular weight is 364 g/mol. The Kier molecular flexibility index (Phi) is 5.22. The summed E-state index contributed by atoms with van der Waals surface area (Å²) in [6.07, 6.45) is 1.63. The molecule has 20 heavy (non-hydrogen) atoms. The Hall–Kier alpha value is -1.31. The summed E-state index contributed by atoms with van der Waals surface area (Å²) >= 11 is 9.24. The van der Waals surface area contributed by atoms with Crippen LogP contribution in [0.1, 0.15) is 25.7 Å². The Bertz CT molecular complexity index is 506. The zero-order chi connectivity index (χ0) is 14.5. The first-order chi connectivity index (χ1) is 9.56. The molecule has 0 atom stereocenters. The minimum Gasteiger partial charge on any atom is -0.315 e. The van der Waals surface area contributed by atoms with Crippen molar-refractivity contribution in [1.29, 1.82) is 0 Å². The summed E-state index contributed by atoms with van der Waals surface area (Å²) in [5.41, 5.74) is 3.16. The quantitative estimate of drug-likeness (QED) is 0.870. The predicted octanol–water partition coefficient (Wildman–Crippen LogP) is 3.22. The van der Waals surface area contributed by atoms with Crippen LogP contribution >= 0.6 is 27.5 Å². The molecule has 6 nitrogen and oxygen atoms in total. The van der Waals surface area contributed by atoms with Crippen molar-refractivity contribution in [2.45, 2.75) is 25.7 Å². The van der Waals surface area contributed by atoms with Gasteiger partial charge in [0.2, 0.25) is 0 Å². The molecule has 1 heterocycles. The number of hydrogen-bond donors (Lipinski definition) is 1. The zero-order valence-corrected chi connectivity index (χ0v) is 12.7. The van der Waals surface area contributed by atoms with Gasteiger partial charge in [-0.2, -0.15) is 0 Å². The number of halogens is 2. The van der Waals surface area contributed by atoms with E-state index in [1.165, 1.54) is 0 Å². The summed E-state index contributed by atoms with van der Waals surface area (Å²) in [4.78, 5) is 32.9. The van der Waals surface area contributed by atoms with Crippen molar-refractivity contribution in [3.05, 3.63) is 27.7 Å². The molecule has 1 aliphatic rings. The van der Waals surface area contributed by atoms with Crippen molar-refractivity contribution < 1.29 is 19.3 Å². The number of nitrogens with zero attached hydrogens (tertiary/aromatic N) is 1. The van der Waals surface area contributed by atoms with Gasteiger partial charge in [0.05, 0.1) is 15.2 Å². The standard InChI is InChI=1S/C12H12BrClN2O4/c13-12-8(14)4-3-5-9(12)15-16-19-10(17)6-1-2-7-11(18)20-16/h3-5,15H,1-2,6-7H2. The SMILES string of the molecule is O=C1CCCCC(=O)ON(Nc2cccc(Cl)c2Br)O1. The highest BCUT2D eigenvalue weighted by molar-refractivity contribution is 9.10. The molecule has 8 heteroatoms. The summed E-state index contributed by atoms with van der Waals surface area (Å²) in [6, 6.07) is 5.08. The molecule has 1 aliphatic heterocycles. The van der Waals surface area contributed by atoms with E-state index in [4.69, 9.17) is 21.3 Å². The van der Waals surface area contributed by atoms with Gasteiger partial charge in [0.15, 0.2) is 0 Å². The third kappa shape index (κ3) is 4.09. The Morgan fingerprint density at radius 3 is 2.35 bits per heavy atom. The van der Waals surface area contributed by atoms with E-state index in [1.54, 1.807) is 18.2 Å². The Labute approximate surface area is 129 Å². The Morgan fingerprint density at radius 1 is 1.15 bits per heavy atom. The van der Waals surface area contributed by atoms with Gasteiger partial charge in [-0.3, -0.25) is 15.0 Å². The summed E-state index contributed by atoms with van der Waals surface area (Å²) < 4.78 is 0.564. The fourth-order valence-corrected chi connectivity index (χ4v) is 2.10. The van der Waals surface area contributed by atoms with Gasteiger partial charge in [0.1, 0.15) is 5.34 Å². The minimum absolute atomic E-state index is 0.228. The molecule has 1 saturated heterocycles. The van der Waals surface area contributed by atoms with E-state index >= 15 is 0 Å². The van der Waals surface area contributed by atoms with Gasteiger partial charge < -0.3 is 9.68 Å². The highest BCUT2D eigenvalue weighted by atomic mass is 79.9. The molecule has 108 valence electrons. The molecule has 1 aromatic rings. The van der Waals surface area contributed by atoms with Crippen LogP contribution in [-0.2, 0) is 19.3 Å². The van der Waals surface area contributed by atoms with Crippen molar-refractivity contribution in [3.8, 4) is 0 Å². The molecule has 0 amide bonds. The van der Waals surface area contributed by atoms with Crippen molar-refractivity contribution in [2.75, 3.05) is 5.43 Å². The molecule has 2 rings (SSSR count). The highest BCUT2D eigenvalue weighted by Crippen LogP contribution is 2.30. The highest BCUT2D eigenvalue weighted by Gasteiger charge is 2.21. The van der Waals surface area contributed by atoms with Gasteiger partial charge in [-0.15, -0.1) is 0 Å². The van der Waals surface area contributed by atoms with Gasteiger partial charge in [-0.25, -0.2) is 0 Å². The molecule has 0 bridgehead atoms. The first kappa shape index (κ1) is 15.1. The lowest BCUT2D eigenvalue weighted by Crippen LogP contribution is -2.34. The van der Waals surface area contributed by atoms with E-state index < -0.39 is 11.9 Å². The van der Waals surface area contributed by atoms with E-state index in [9.17, 15) is 9.59 Å². The maximum Gasteiger partial charge on any atom is 0.331 e. The number of rotatable bonds is 2. The molecular weight excluding hydrogens is 351 g/mol. The molecule has 0 spiro atoms. The molecule has 0 radical (unpaired) electrons. The molecule has 1 N–H and O–H groups in total. The van der Waals surface area contributed by atoms with Crippen LogP contribution in [0, 0.1) is 0 Å². The molecule has 1 fully saturated rings. The average Bonchev–Trinajstić information content (AvgIpc) is 2.46. The molecule has 0 aromatic heterocycles. The molecule has 1 aromatic carbocycles. The monoisotopic (exact) mass is 362 g/mol. The second-order valence-corrected chi connectivity index (χ2v) is 5.30. The van der Waals surface area contributed by atoms with Gasteiger partial charge in [0, 0.05) is 12.8 Å². The first-order valence-electron chi connectivity index (χ1n) is 5.98. The van der Waals surface area contributed by atoms with Crippen LogP contribution in [0.15, 0.2) is 22.7 Å². The van der Waals surface area contributed by atoms with Crippen molar-refractivity contribution in [2.24, 2.45) is 0 Å². The van der Waals surface area contributed by atoms with Crippen LogP contribution in [0.25, 0.3) is 0 Å². The van der Waals surface area contributed by atoms with Crippen LogP contribution in [0.3, 0.4) is 0 Å². The smallest absolute Gasteiger partial charge is 0.315 e. The molecule has 0 unspecified atom stereocenters. The van der Waals surface area contributed by atoms with Crippen LogP contribution in [0.5, 0.6) is 0 Å². The third-order valence-corrected chi connectivity index (χ3v) is 3.94. The third-order valence-electron chi connectivity index (χ3n) is 2.54. The van der Waals surface area contributed by atoms with E-state index in [0.717, 1.165) is 0 Å². The summed E-state index contributed by atoms with van der Waals surface area (Å²) in [5.74, 6) is -0.962. The number of hydrazine groups is 1. The second-order valence-electron chi connectivity index (χ2n) is 4.10. The van der Waals surface area contributed by atoms with Gasteiger partial charge >= 0.3 is 11.9 Å². The normalized spacial score (nSPS) is 17.5. The van der Waals surface area contributed by atoms with E-state index in [2.05, 4.69) is 21.4 Å². The summed E-state index contributed by atoms with van der Waals surface area (Å²) in [6.45, 7) is 0. The number of anilines is 1. The van der Waals surface area contributed by atoms with Crippen molar-refractivity contribution >= 4 is 45.2 Å². The van der Waals surface area contributed by atoms with Gasteiger partial charge in [-0.05, 0) is 40.9 Å². The first-order valence-corrected chi connectivity index (χ1v) is 7.16. The van der Waals surface area contributed by atoms with Crippen LogP contribution in [0.4, 0.5) is 5.69 Å². The maximum atomic E-state index is 11.5. The minimum atomic E-state index is -0.481. The fraction of sp³-hybridized carbons (Fsp3) is 0.333. The number of benzene rings is 1. The molecule has 0 aliphatic carbocycles. The number of hydrogen-bond acceptors (Lipinski definition) is 6. The predicted molar refractivity (Wildman–Crippen MR) is 75.3 cm³/mol. The Morgan fingerprint density at radius 2 is 1.75 bits per heavy atom. The summed E-state index contributed by atoms with van der Waals surface area (Å²) in [7, 11) is 0. The maximum absolute atomic E-state index is 11.5. The van der Waals surface area contributed by atoms with E-state index in [1.807, 2.05) is 0 Å². The van der Waals surface area contributed by atoms with Gasteiger partial charge in [0.25, 0.3) is 0 Å². The topological polar surface area (TPSA) is 67.9 Å². The second kappa shape index (κ2) is 6.92. The largest absolute Gasteiger partial charge is 0.331 e. The van der Waals surface area contributed by atoms with Crippen LogP contribution in [-0.4, -0.2) is 17.3 Å². The summed E-state index contributed by atoms with van der Waals surface area (Å²) in [5, 5.41) is 1.13. The number of nitrogens with one attached hydrogen (secondary N) is 1. The van der Waals surface area contributed by atoms with Crippen LogP contribution < -0.4 is 5.43 Å². The lowest BCUT2D eigenvalue weighted by molar-refractivity contribution is -0.310. The number of carbonyl (C=O) groups is 2. The lowest BCUT2D eigenvalue weighted by atomic mass is 10.2. The lowest BCUT2D eigenvalue weighted by Gasteiger charge is -2.20. The van der Waals surface area contributed by atoms with Crippen molar-refractivity contribution in [1.82, 2.24) is 5.34 Å². The van der Waals surface area contributed by atoms with Crippen LogP contribution in [0.2, 0.25) is 5.02 Å². The molecular formula is C12H12BrClN2O4. The molecule has 0 saturated carbocycles. The van der Waals surface area contributed by atoms with E-state index in [0.29, 0.717) is 33.4 Å². The van der Waals surface area contributed by atoms with Gasteiger partial charge in [-0.1, -0.05) is 17.7 Å². The van der Waals surface area contributed by atoms with Crippen molar-refractivity contribution in [3.63, 3.8) is 0 Å². The fourth-order valence-electron chi connectivity index (χ4n) is 1.57. The zero-order valence-electron chi connectivity index (χ0n) is 10.4. The number of carbonyl (C=O) groups excluding carboxylic acids is 2. The van der Waals surface area contributed by atoms with E-state index in [-0.39, 0.29) is 12.8 Å². The Balaban J connectivity index is 2.13.